The zero-order valence-corrected chi connectivity index (χ0v) is 11.9. The maximum Gasteiger partial charge on any atom is 0.109 e. The summed E-state index contributed by atoms with van der Waals surface area (Å²) in [5, 5.41) is 13.1. The van der Waals surface area contributed by atoms with Crippen LogP contribution in [-0.2, 0) is 4.74 Å². The molecule has 0 saturated heterocycles. The monoisotopic (exact) mass is 271 g/mol. The van der Waals surface area contributed by atoms with Gasteiger partial charge in [0, 0.05) is 24.9 Å². The third kappa shape index (κ3) is 2.21. The number of benzene rings is 1. The third-order valence-corrected chi connectivity index (χ3v) is 4.61. The highest BCUT2D eigenvalue weighted by atomic mass is 16.5. The standard InChI is InChI=1S/C17H21NO2/c1-20-17(9-3-2-4-10-17)16(19)15-7-5-6-13-12-18-11-8-14(13)15/h5-8,11-12,16,19H,2-4,9-10H2,1H3. The molecule has 1 aromatic carbocycles. The molecule has 0 amide bonds. The topological polar surface area (TPSA) is 42.4 Å². The van der Waals surface area contributed by atoms with E-state index in [1.807, 2.05) is 30.5 Å². The van der Waals surface area contributed by atoms with Crippen LogP contribution in [-0.4, -0.2) is 22.8 Å². The van der Waals surface area contributed by atoms with E-state index >= 15 is 0 Å². The first-order valence-electron chi connectivity index (χ1n) is 7.33. The summed E-state index contributed by atoms with van der Waals surface area (Å²) in [6.07, 6.45) is 8.35. The van der Waals surface area contributed by atoms with Gasteiger partial charge in [-0.25, -0.2) is 0 Å². The minimum Gasteiger partial charge on any atom is -0.385 e. The Morgan fingerprint density at radius 1 is 1.20 bits per heavy atom. The van der Waals surface area contributed by atoms with Gasteiger partial charge in [-0.2, -0.15) is 0 Å². The number of fused-ring (bicyclic) bond motifs is 1. The highest BCUT2D eigenvalue weighted by molar-refractivity contribution is 5.85. The van der Waals surface area contributed by atoms with Crippen LogP contribution < -0.4 is 0 Å². The van der Waals surface area contributed by atoms with E-state index in [2.05, 4.69) is 4.98 Å². The number of methoxy groups -OCH3 is 1. The fourth-order valence-electron chi connectivity index (χ4n) is 3.41. The van der Waals surface area contributed by atoms with E-state index in [0.717, 1.165) is 42.0 Å². The van der Waals surface area contributed by atoms with Crippen molar-refractivity contribution in [2.24, 2.45) is 0 Å². The lowest BCUT2D eigenvalue weighted by atomic mass is 9.77. The lowest BCUT2D eigenvalue weighted by Gasteiger charge is -2.40. The Labute approximate surface area is 119 Å². The number of ether oxygens (including phenoxy) is 1. The summed E-state index contributed by atoms with van der Waals surface area (Å²) < 4.78 is 5.78. The summed E-state index contributed by atoms with van der Waals surface area (Å²) >= 11 is 0. The molecule has 1 heterocycles. The summed E-state index contributed by atoms with van der Waals surface area (Å²) in [4.78, 5) is 4.15. The van der Waals surface area contributed by atoms with Crippen molar-refractivity contribution in [3.63, 3.8) is 0 Å². The van der Waals surface area contributed by atoms with Crippen molar-refractivity contribution < 1.29 is 9.84 Å². The summed E-state index contributed by atoms with van der Waals surface area (Å²) in [5.41, 5.74) is 0.518. The van der Waals surface area contributed by atoms with Gasteiger partial charge in [0.15, 0.2) is 0 Å². The molecular weight excluding hydrogens is 250 g/mol. The van der Waals surface area contributed by atoms with Crippen LogP contribution in [0.2, 0.25) is 0 Å². The first-order chi connectivity index (χ1) is 9.77. The van der Waals surface area contributed by atoms with Gasteiger partial charge in [0.1, 0.15) is 6.10 Å². The summed E-state index contributed by atoms with van der Waals surface area (Å²) in [6.45, 7) is 0. The van der Waals surface area contributed by atoms with Crippen LogP contribution in [0.5, 0.6) is 0 Å². The number of aromatic nitrogens is 1. The number of nitrogens with zero attached hydrogens (tertiary/aromatic N) is 1. The van der Waals surface area contributed by atoms with Crippen molar-refractivity contribution in [2.45, 2.75) is 43.8 Å². The van der Waals surface area contributed by atoms with E-state index in [0.29, 0.717) is 0 Å². The molecule has 1 aliphatic carbocycles. The summed E-state index contributed by atoms with van der Waals surface area (Å²) in [6, 6.07) is 7.98. The average molecular weight is 271 g/mol. The Morgan fingerprint density at radius 3 is 2.75 bits per heavy atom. The maximum absolute atomic E-state index is 10.9. The zero-order valence-electron chi connectivity index (χ0n) is 11.9. The normalized spacial score (nSPS) is 19.9. The van der Waals surface area contributed by atoms with Crippen molar-refractivity contribution in [2.75, 3.05) is 7.11 Å². The Balaban J connectivity index is 2.05. The average Bonchev–Trinajstić information content (AvgIpc) is 2.54. The van der Waals surface area contributed by atoms with Gasteiger partial charge >= 0.3 is 0 Å². The smallest absolute Gasteiger partial charge is 0.109 e. The molecule has 0 radical (unpaired) electrons. The Morgan fingerprint density at radius 2 is 2.00 bits per heavy atom. The SMILES string of the molecule is COC1(C(O)c2cccc3cnccc23)CCCCC1. The molecule has 0 spiro atoms. The van der Waals surface area contributed by atoms with E-state index in [1.54, 1.807) is 13.3 Å². The van der Waals surface area contributed by atoms with Crippen LogP contribution in [0.3, 0.4) is 0 Å². The van der Waals surface area contributed by atoms with Gasteiger partial charge in [-0.15, -0.1) is 0 Å². The lowest BCUT2D eigenvalue weighted by molar-refractivity contribution is -0.124. The van der Waals surface area contributed by atoms with Crippen molar-refractivity contribution in [1.82, 2.24) is 4.98 Å². The van der Waals surface area contributed by atoms with Crippen LogP contribution in [0.4, 0.5) is 0 Å². The summed E-state index contributed by atoms with van der Waals surface area (Å²) in [7, 11) is 1.72. The van der Waals surface area contributed by atoms with Crippen molar-refractivity contribution in [1.29, 1.82) is 0 Å². The quantitative estimate of drug-likeness (QED) is 0.927. The lowest BCUT2D eigenvalue weighted by Crippen LogP contribution is -2.40. The predicted octanol–water partition coefficient (Wildman–Crippen LogP) is 3.62. The second-order valence-corrected chi connectivity index (χ2v) is 5.68. The van der Waals surface area contributed by atoms with Crippen LogP contribution in [0.25, 0.3) is 10.8 Å². The largest absolute Gasteiger partial charge is 0.385 e. The van der Waals surface area contributed by atoms with Gasteiger partial charge in [0.25, 0.3) is 0 Å². The molecule has 1 aromatic heterocycles. The maximum atomic E-state index is 10.9. The van der Waals surface area contributed by atoms with Crippen LogP contribution in [0.1, 0.15) is 43.8 Å². The minimum absolute atomic E-state index is 0.435. The highest BCUT2D eigenvalue weighted by Gasteiger charge is 2.40. The Bertz CT molecular complexity index is 585. The van der Waals surface area contributed by atoms with Crippen molar-refractivity contribution >= 4 is 10.8 Å². The molecule has 1 saturated carbocycles. The van der Waals surface area contributed by atoms with Crippen LogP contribution >= 0.6 is 0 Å². The molecule has 0 aliphatic heterocycles. The zero-order chi connectivity index (χ0) is 14.0. The van der Waals surface area contributed by atoms with Gasteiger partial charge in [-0.1, -0.05) is 37.5 Å². The number of aliphatic hydroxyl groups excluding tert-OH is 1. The number of pyridine rings is 1. The second-order valence-electron chi connectivity index (χ2n) is 5.68. The van der Waals surface area contributed by atoms with Crippen molar-refractivity contribution in [3.05, 3.63) is 42.2 Å². The molecule has 1 aliphatic rings. The molecule has 2 aromatic rings. The molecule has 20 heavy (non-hydrogen) atoms. The number of rotatable bonds is 3. The first-order valence-corrected chi connectivity index (χ1v) is 7.33. The first kappa shape index (κ1) is 13.5. The van der Waals surface area contributed by atoms with Crippen LogP contribution in [0, 0.1) is 0 Å². The molecular formula is C17H21NO2. The highest BCUT2D eigenvalue weighted by Crippen LogP contribution is 2.42. The van der Waals surface area contributed by atoms with Gasteiger partial charge in [0.2, 0.25) is 0 Å². The Kier molecular flexibility index (Phi) is 3.72. The molecule has 1 N–H and O–H groups in total. The van der Waals surface area contributed by atoms with Gasteiger partial charge in [-0.3, -0.25) is 4.98 Å². The van der Waals surface area contributed by atoms with Gasteiger partial charge < -0.3 is 9.84 Å². The second kappa shape index (κ2) is 5.51. The number of hydrogen-bond donors (Lipinski definition) is 1. The van der Waals surface area contributed by atoms with E-state index < -0.39 is 11.7 Å². The van der Waals surface area contributed by atoms with E-state index in [9.17, 15) is 5.11 Å². The molecule has 1 fully saturated rings. The fourth-order valence-corrected chi connectivity index (χ4v) is 3.41. The molecule has 3 rings (SSSR count). The molecule has 3 heteroatoms. The molecule has 0 bridgehead atoms. The van der Waals surface area contributed by atoms with Crippen LogP contribution in [0.15, 0.2) is 36.7 Å². The van der Waals surface area contributed by atoms with Gasteiger partial charge in [-0.05, 0) is 29.9 Å². The van der Waals surface area contributed by atoms with Gasteiger partial charge in [0.05, 0.1) is 5.60 Å². The molecule has 1 atom stereocenters. The van der Waals surface area contributed by atoms with E-state index in [1.165, 1.54) is 6.42 Å². The molecule has 3 nitrogen and oxygen atoms in total. The third-order valence-electron chi connectivity index (χ3n) is 4.61. The predicted molar refractivity (Wildman–Crippen MR) is 79.5 cm³/mol. The number of hydrogen-bond acceptors (Lipinski definition) is 3. The minimum atomic E-state index is -0.584. The Hall–Kier alpha value is -1.45. The van der Waals surface area contributed by atoms with Crippen molar-refractivity contribution in [3.8, 4) is 0 Å². The van der Waals surface area contributed by atoms with E-state index in [4.69, 9.17) is 4.74 Å². The number of aliphatic hydroxyl groups is 1. The summed E-state index contributed by atoms with van der Waals surface area (Å²) in [5.74, 6) is 0. The molecule has 106 valence electrons. The molecule has 1 unspecified atom stereocenters. The fraction of sp³-hybridized carbons (Fsp3) is 0.471. The van der Waals surface area contributed by atoms with E-state index in [-0.39, 0.29) is 0 Å².